The number of fused-ring (bicyclic) bond motifs is 8. The molecule has 1 N–H and O–H groups in total. The van der Waals surface area contributed by atoms with E-state index in [1.807, 2.05) is 11.3 Å². The molecule has 9 rings (SSSR count). The standard InChI is InChI=1S/C40H25NS/c1-2-13-31-25(8-1)18-20-36-39(31)34-16-7-15-32(40(34)41-36)30-12-6-11-28(23-30)26-9-5-10-27(22-26)29-19-21-38-35(24-29)33-14-3-4-17-37(33)42-38/h1-24,41H. The Morgan fingerprint density at radius 1 is 0.405 bits per heavy atom. The highest BCUT2D eigenvalue weighted by molar-refractivity contribution is 7.25. The summed E-state index contributed by atoms with van der Waals surface area (Å²) in [4.78, 5) is 3.75. The summed E-state index contributed by atoms with van der Waals surface area (Å²) in [6.07, 6.45) is 0. The van der Waals surface area contributed by atoms with Crippen molar-refractivity contribution >= 4 is 64.1 Å². The van der Waals surface area contributed by atoms with Crippen molar-refractivity contribution in [2.45, 2.75) is 0 Å². The van der Waals surface area contributed by atoms with Gasteiger partial charge in [-0.15, -0.1) is 11.3 Å². The van der Waals surface area contributed by atoms with Crippen LogP contribution in [0.4, 0.5) is 0 Å². The summed E-state index contributed by atoms with van der Waals surface area (Å²) in [5.41, 5.74) is 9.72. The van der Waals surface area contributed by atoms with Crippen molar-refractivity contribution in [3.05, 3.63) is 146 Å². The zero-order valence-corrected chi connectivity index (χ0v) is 23.6. The Morgan fingerprint density at radius 2 is 1.05 bits per heavy atom. The summed E-state index contributed by atoms with van der Waals surface area (Å²) < 4.78 is 2.68. The van der Waals surface area contributed by atoms with Gasteiger partial charge in [-0.2, -0.15) is 0 Å². The van der Waals surface area contributed by atoms with Crippen LogP contribution in [-0.4, -0.2) is 4.98 Å². The molecule has 0 aliphatic rings. The minimum Gasteiger partial charge on any atom is -0.354 e. The lowest BCUT2D eigenvalue weighted by Gasteiger charge is -2.10. The molecule has 0 radical (unpaired) electrons. The van der Waals surface area contributed by atoms with Crippen LogP contribution >= 0.6 is 11.3 Å². The molecule has 2 aromatic heterocycles. The fourth-order valence-electron chi connectivity index (χ4n) is 6.59. The second kappa shape index (κ2) is 9.17. The Morgan fingerprint density at radius 3 is 1.90 bits per heavy atom. The first-order chi connectivity index (χ1) is 20.8. The van der Waals surface area contributed by atoms with Crippen LogP contribution in [0.3, 0.4) is 0 Å². The normalized spacial score (nSPS) is 11.8. The fraction of sp³-hybridized carbons (Fsp3) is 0. The van der Waals surface area contributed by atoms with Crippen molar-refractivity contribution in [2.75, 3.05) is 0 Å². The number of aromatic amines is 1. The van der Waals surface area contributed by atoms with Crippen molar-refractivity contribution in [1.29, 1.82) is 0 Å². The molecule has 0 unspecified atom stereocenters. The van der Waals surface area contributed by atoms with Crippen molar-refractivity contribution in [3.63, 3.8) is 0 Å². The maximum Gasteiger partial charge on any atom is 0.0544 e. The summed E-state index contributed by atoms with van der Waals surface area (Å²) in [5, 5.41) is 7.79. The average Bonchev–Trinajstić information content (AvgIpc) is 3.63. The smallest absolute Gasteiger partial charge is 0.0544 e. The van der Waals surface area contributed by atoms with E-state index in [0.29, 0.717) is 0 Å². The lowest BCUT2D eigenvalue weighted by molar-refractivity contribution is 1.53. The van der Waals surface area contributed by atoms with Gasteiger partial charge in [-0.25, -0.2) is 0 Å². The minimum atomic E-state index is 1.18. The number of rotatable bonds is 3. The van der Waals surface area contributed by atoms with E-state index >= 15 is 0 Å². The number of thiophene rings is 1. The largest absolute Gasteiger partial charge is 0.354 e. The lowest BCUT2D eigenvalue weighted by atomic mass is 9.95. The molecule has 9 aromatic rings. The van der Waals surface area contributed by atoms with Gasteiger partial charge in [0.15, 0.2) is 0 Å². The molecule has 0 saturated heterocycles. The van der Waals surface area contributed by atoms with Crippen LogP contribution in [0, 0.1) is 0 Å². The van der Waals surface area contributed by atoms with Gasteiger partial charge < -0.3 is 4.98 Å². The Balaban J connectivity index is 1.15. The lowest BCUT2D eigenvalue weighted by Crippen LogP contribution is -1.85. The van der Waals surface area contributed by atoms with E-state index in [0.717, 1.165) is 0 Å². The van der Waals surface area contributed by atoms with Gasteiger partial charge in [0, 0.05) is 42.0 Å². The summed E-state index contributed by atoms with van der Waals surface area (Å²) in [6.45, 7) is 0. The SMILES string of the molecule is c1cc(-c2cccc(-c3cccc4c3[nH]c3ccc5ccccc5c34)c2)cc(-c2ccc3sc4ccccc4c3c2)c1. The molecule has 0 atom stereocenters. The highest BCUT2D eigenvalue weighted by Gasteiger charge is 2.13. The Kier molecular flexibility index (Phi) is 5.13. The molecule has 2 heterocycles. The number of para-hydroxylation sites is 1. The van der Waals surface area contributed by atoms with E-state index < -0.39 is 0 Å². The van der Waals surface area contributed by atoms with E-state index in [2.05, 4.69) is 151 Å². The zero-order chi connectivity index (χ0) is 27.6. The molecule has 0 amide bonds. The van der Waals surface area contributed by atoms with Gasteiger partial charge in [-0.05, 0) is 75.0 Å². The van der Waals surface area contributed by atoms with E-state index in [1.165, 1.54) is 86.1 Å². The molecule has 0 aliphatic heterocycles. The zero-order valence-electron chi connectivity index (χ0n) is 22.8. The number of benzene rings is 7. The van der Waals surface area contributed by atoms with Gasteiger partial charge in [0.2, 0.25) is 0 Å². The van der Waals surface area contributed by atoms with Crippen LogP contribution in [0.15, 0.2) is 146 Å². The summed E-state index contributed by atoms with van der Waals surface area (Å²) in [7, 11) is 0. The molecule has 0 bridgehead atoms. The van der Waals surface area contributed by atoms with Crippen molar-refractivity contribution < 1.29 is 0 Å². The topological polar surface area (TPSA) is 15.8 Å². The number of nitrogens with one attached hydrogen (secondary N) is 1. The molecule has 196 valence electrons. The van der Waals surface area contributed by atoms with Crippen LogP contribution in [0.25, 0.3) is 86.1 Å². The van der Waals surface area contributed by atoms with E-state index in [-0.39, 0.29) is 0 Å². The van der Waals surface area contributed by atoms with Crippen LogP contribution in [-0.2, 0) is 0 Å². The van der Waals surface area contributed by atoms with Gasteiger partial charge in [-0.3, -0.25) is 0 Å². The van der Waals surface area contributed by atoms with Gasteiger partial charge >= 0.3 is 0 Å². The summed E-state index contributed by atoms with van der Waals surface area (Å²) in [6, 6.07) is 53.2. The van der Waals surface area contributed by atoms with E-state index in [4.69, 9.17) is 0 Å². The third-order valence-corrected chi connectivity index (χ3v) is 9.75. The molecule has 0 aliphatic carbocycles. The average molecular weight is 552 g/mol. The van der Waals surface area contributed by atoms with Crippen LogP contribution in [0.5, 0.6) is 0 Å². The monoisotopic (exact) mass is 551 g/mol. The first kappa shape index (κ1) is 23.5. The third-order valence-electron chi connectivity index (χ3n) is 8.60. The quantitative estimate of drug-likeness (QED) is 0.225. The number of hydrogen-bond donors (Lipinski definition) is 1. The fourth-order valence-corrected chi connectivity index (χ4v) is 7.67. The molecule has 0 fully saturated rings. The molecular weight excluding hydrogens is 527 g/mol. The van der Waals surface area contributed by atoms with Crippen LogP contribution in [0.1, 0.15) is 0 Å². The minimum absolute atomic E-state index is 1.18. The molecule has 1 nitrogen and oxygen atoms in total. The molecule has 42 heavy (non-hydrogen) atoms. The Labute approximate surface area is 247 Å². The molecule has 0 saturated carbocycles. The summed E-state index contributed by atoms with van der Waals surface area (Å²) in [5.74, 6) is 0. The van der Waals surface area contributed by atoms with Crippen LogP contribution < -0.4 is 0 Å². The summed E-state index contributed by atoms with van der Waals surface area (Å²) >= 11 is 1.86. The van der Waals surface area contributed by atoms with Crippen molar-refractivity contribution in [1.82, 2.24) is 4.98 Å². The predicted octanol–water partition coefficient (Wildman–Crippen LogP) is 11.8. The van der Waals surface area contributed by atoms with Crippen LogP contribution in [0.2, 0.25) is 0 Å². The van der Waals surface area contributed by atoms with Crippen molar-refractivity contribution in [2.24, 2.45) is 0 Å². The highest BCUT2D eigenvalue weighted by atomic mass is 32.1. The maximum absolute atomic E-state index is 3.75. The molecule has 2 heteroatoms. The Bertz CT molecular complexity index is 2470. The molecule has 0 spiro atoms. The number of H-pyrrole nitrogens is 1. The van der Waals surface area contributed by atoms with Gasteiger partial charge in [-0.1, -0.05) is 109 Å². The number of aromatic nitrogens is 1. The first-order valence-electron chi connectivity index (χ1n) is 14.3. The van der Waals surface area contributed by atoms with Gasteiger partial charge in [0.05, 0.1) is 5.52 Å². The number of hydrogen-bond acceptors (Lipinski definition) is 1. The second-order valence-corrected chi connectivity index (χ2v) is 12.1. The van der Waals surface area contributed by atoms with Gasteiger partial charge in [0.25, 0.3) is 0 Å². The van der Waals surface area contributed by atoms with Crippen molar-refractivity contribution in [3.8, 4) is 33.4 Å². The third kappa shape index (κ3) is 3.62. The molecular formula is C40H25NS. The molecule has 7 aromatic carbocycles. The predicted molar refractivity (Wildman–Crippen MR) is 183 cm³/mol. The van der Waals surface area contributed by atoms with Gasteiger partial charge in [0.1, 0.15) is 0 Å². The van der Waals surface area contributed by atoms with E-state index in [1.54, 1.807) is 0 Å². The van der Waals surface area contributed by atoms with E-state index in [9.17, 15) is 0 Å². The first-order valence-corrected chi connectivity index (χ1v) is 15.2. The Hall–Kier alpha value is -5.18. The second-order valence-electron chi connectivity index (χ2n) is 11.0. The highest BCUT2D eigenvalue weighted by Crippen LogP contribution is 2.39. The maximum atomic E-state index is 3.75.